The van der Waals surface area contributed by atoms with Gasteiger partial charge in [-0.2, -0.15) is 0 Å². The quantitative estimate of drug-likeness (QED) is 0.743. The first kappa shape index (κ1) is 8.26. The van der Waals surface area contributed by atoms with Crippen LogP contribution in [0, 0.1) is 3.57 Å². The van der Waals surface area contributed by atoms with Crippen LogP contribution in [0.25, 0.3) is 0 Å². The van der Waals surface area contributed by atoms with Crippen LogP contribution >= 0.6 is 38.5 Å². The maximum atomic E-state index is 4.94. The predicted octanol–water partition coefficient (Wildman–Crippen LogP) is 2.46. The lowest BCUT2D eigenvalue weighted by molar-refractivity contribution is 0.395. The Hall–Kier alpha value is 0.160. The van der Waals surface area contributed by atoms with E-state index in [2.05, 4.69) is 43.5 Å². The minimum absolute atomic E-state index is 0.625. The summed E-state index contributed by atoms with van der Waals surface area (Å²) < 4.78 is 6.92. The summed E-state index contributed by atoms with van der Waals surface area (Å²) in [6.07, 6.45) is 1.75. The van der Waals surface area contributed by atoms with Crippen LogP contribution in [0.3, 0.4) is 0 Å². The van der Waals surface area contributed by atoms with Gasteiger partial charge in [-0.15, -0.1) is 0 Å². The first-order valence-electron chi connectivity index (χ1n) is 2.59. The molecule has 0 aromatic carbocycles. The SMILES string of the molecule is COc1ncc(I)cc1Br. The maximum absolute atomic E-state index is 4.94. The van der Waals surface area contributed by atoms with Crippen LogP contribution < -0.4 is 4.74 Å². The molecular weight excluding hydrogens is 309 g/mol. The number of pyridine rings is 1. The molecule has 1 aromatic rings. The molecule has 0 unspecified atom stereocenters. The molecule has 54 valence electrons. The van der Waals surface area contributed by atoms with Gasteiger partial charge in [0.05, 0.1) is 11.6 Å². The van der Waals surface area contributed by atoms with Crippen LogP contribution in [0.5, 0.6) is 5.88 Å². The van der Waals surface area contributed by atoms with Crippen molar-refractivity contribution in [3.05, 3.63) is 20.3 Å². The number of hydrogen-bond acceptors (Lipinski definition) is 2. The molecule has 0 bridgehead atoms. The molecule has 0 aliphatic carbocycles. The van der Waals surface area contributed by atoms with Gasteiger partial charge in [0.2, 0.25) is 5.88 Å². The highest BCUT2D eigenvalue weighted by atomic mass is 127. The third kappa shape index (κ3) is 1.82. The number of halogens is 2. The van der Waals surface area contributed by atoms with Crippen molar-refractivity contribution >= 4 is 38.5 Å². The summed E-state index contributed by atoms with van der Waals surface area (Å²) in [7, 11) is 1.60. The average Bonchev–Trinajstić information content (AvgIpc) is 1.88. The Balaban J connectivity index is 3.07. The largest absolute Gasteiger partial charge is 0.480 e. The lowest BCUT2D eigenvalue weighted by atomic mass is 10.5. The molecule has 0 amide bonds. The first-order valence-corrected chi connectivity index (χ1v) is 4.46. The first-order chi connectivity index (χ1) is 4.74. The van der Waals surface area contributed by atoms with Gasteiger partial charge in [-0.05, 0) is 44.6 Å². The van der Waals surface area contributed by atoms with Crippen LogP contribution in [-0.2, 0) is 0 Å². The van der Waals surface area contributed by atoms with E-state index in [1.165, 1.54) is 0 Å². The molecule has 0 fully saturated rings. The Morgan fingerprint density at radius 1 is 1.70 bits per heavy atom. The fraction of sp³-hybridized carbons (Fsp3) is 0.167. The van der Waals surface area contributed by atoms with Crippen LogP contribution in [-0.4, -0.2) is 12.1 Å². The molecule has 1 aromatic heterocycles. The van der Waals surface area contributed by atoms with E-state index in [9.17, 15) is 0 Å². The van der Waals surface area contributed by atoms with Crippen molar-refractivity contribution in [2.45, 2.75) is 0 Å². The second-order valence-corrected chi connectivity index (χ2v) is 3.74. The van der Waals surface area contributed by atoms with Crippen molar-refractivity contribution in [2.75, 3.05) is 7.11 Å². The topological polar surface area (TPSA) is 22.1 Å². The Bertz CT molecular complexity index is 241. The van der Waals surface area contributed by atoms with Crippen molar-refractivity contribution in [3.63, 3.8) is 0 Å². The van der Waals surface area contributed by atoms with Crippen LogP contribution in [0.1, 0.15) is 0 Å². The van der Waals surface area contributed by atoms with E-state index >= 15 is 0 Å². The maximum Gasteiger partial charge on any atom is 0.227 e. The normalized spacial score (nSPS) is 9.50. The van der Waals surface area contributed by atoms with Crippen LogP contribution in [0.15, 0.2) is 16.7 Å². The molecule has 0 radical (unpaired) electrons. The summed E-state index contributed by atoms with van der Waals surface area (Å²) in [6, 6.07) is 1.95. The molecule has 10 heavy (non-hydrogen) atoms. The van der Waals surface area contributed by atoms with E-state index in [0.29, 0.717) is 5.88 Å². The summed E-state index contributed by atoms with van der Waals surface area (Å²) in [4.78, 5) is 4.02. The molecule has 0 saturated carbocycles. The van der Waals surface area contributed by atoms with Crippen molar-refractivity contribution in [1.29, 1.82) is 0 Å². The molecule has 0 N–H and O–H groups in total. The van der Waals surface area contributed by atoms with Gasteiger partial charge in [0.1, 0.15) is 0 Å². The van der Waals surface area contributed by atoms with Crippen molar-refractivity contribution in [1.82, 2.24) is 4.98 Å². The highest BCUT2D eigenvalue weighted by Gasteiger charge is 1.99. The van der Waals surface area contributed by atoms with Gasteiger partial charge in [0.25, 0.3) is 0 Å². The van der Waals surface area contributed by atoms with Gasteiger partial charge in [-0.1, -0.05) is 0 Å². The fourth-order valence-electron chi connectivity index (χ4n) is 0.552. The monoisotopic (exact) mass is 313 g/mol. The van der Waals surface area contributed by atoms with Crippen molar-refractivity contribution in [2.24, 2.45) is 0 Å². The highest BCUT2D eigenvalue weighted by molar-refractivity contribution is 14.1. The highest BCUT2D eigenvalue weighted by Crippen LogP contribution is 2.22. The Kier molecular flexibility index (Phi) is 2.91. The molecule has 4 heteroatoms. The average molecular weight is 314 g/mol. The second-order valence-electron chi connectivity index (χ2n) is 1.64. The number of rotatable bonds is 1. The lowest BCUT2D eigenvalue weighted by Crippen LogP contribution is -1.88. The van der Waals surface area contributed by atoms with Gasteiger partial charge >= 0.3 is 0 Å². The van der Waals surface area contributed by atoms with Crippen LogP contribution in [0.2, 0.25) is 0 Å². The summed E-state index contributed by atoms with van der Waals surface area (Å²) in [5.41, 5.74) is 0. The predicted molar refractivity (Wildman–Crippen MR) is 51.2 cm³/mol. The van der Waals surface area contributed by atoms with Crippen molar-refractivity contribution in [3.8, 4) is 5.88 Å². The zero-order chi connectivity index (χ0) is 7.56. The number of hydrogen-bond donors (Lipinski definition) is 0. The van der Waals surface area contributed by atoms with E-state index in [1.54, 1.807) is 13.3 Å². The van der Waals surface area contributed by atoms with Gasteiger partial charge in [-0.25, -0.2) is 4.98 Å². The van der Waals surface area contributed by atoms with Gasteiger partial charge in [-0.3, -0.25) is 0 Å². The number of ether oxygens (including phenoxy) is 1. The minimum Gasteiger partial charge on any atom is -0.480 e. The third-order valence-electron chi connectivity index (χ3n) is 0.967. The van der Waals surface area contributed by atoms with Gasteiger partial charge < -0.3 is 4.74 Å². The van der Waals surface area contributed by atoms with Gasteiger partial charge in [0, 0.05) is 9.77 Å². The molecule has 0 aliphatic heterocycles. The fourth-order valence-corrected chi connectivity index (χ4v) is 1.94. The number of nitrogens with zero attached hydrogens (tertiary/aromatic N) is 1. The lowest BCUT2D eigenvalue weighted by Gasteiger charge is -1.99. The Morgan fingerprint density at radius 3 is 2.90 bits per heavy atom. The van der Waals surface area contributed by atoms with Crippen LogP contribution in [0.4, 0.5) is 0 Å². The molecule has 2 nitrogen and oxygen atoms in total. The Morgan fingerprint density at radius 2 is 2.40 bits per heavy atom. The smallest absolute Gasteiger partial charge is 0.227 e. The van der Waals surface area contributed by atoms with E-state index in [0.717, 1.165) is 8.04 Å². The van der Waals surface area contributed by atoms with E-state index in [1.807, 2.05) is 6.07 Å². The van der Waals surface area contributed by atoms with E-state index in [4.69, 9.17) is 4.74 Å². The molecule has 0 saturated heterocycles. The summed E-state index contributed by atoms with van der Waals surface area (Å²) in [5, 5.41) is 0. The second kappa shape index (κ2) is 3.52. The summed E-state index contributed by atoms with van der Waals surface area (Å²) in [5.74, 6) is 0.625. The third-order valence-corrected chi connectivity index (χ3v) is 2.13. The molecule has 1 heterocycles. The summed E-state index contributed by atoms with van der Waals surface area (Å²) >= 11 is 5.51. The molecule has 0 aliphatic rings. The zero-order valence-corrected chi connectivity index (χ0v) is 9.01. The molecular formula is C6H5BrINO. The molecule has 0 spiro atoms. The number of methoxy groups -OCH3 is 1. The minimum atomic E-state index is 0.625. The Labute approximate surface area is 81.3 Å². The van der Waals surface area contributed by atoms with E-state index < -0.39 is 0 Å². The number of aromatic nitrogens is 1. The zero-order valence-electron chi connectivity index (χ0n) is 5.27. The summed E-state index contributed by atoms with van der Waals surface area (Å²) in [6.45, 7) is 0. The van der Waals surface area contributed by atoms with Crippen molar-refractivity contribution < 1.29 is 4.74 Å². The standard InChI is InChI=1S/C6H5BrINO/c1-10-6-5(7)2-4(8)3-9-6/h2-3H,1H3. The molecule has 1 rings (SSSR count). The van der Waals surface area contributed by atoms with Gasteiger partial charge in [0.15, 0.2) is 0 Å². The molecule has 0 atom stereocenters. The van der Waals surface area contributed by atoms with E-state index in [-0.39, 0.29) is 0 Å².